The summed E-state index contributed by atoms with van der Waals surface area (Å²) >= 11 is 5.56. The molecule has 0 aliphatic heterocycles. The van der Waals surface area contributed by atoms with Crippen molar-refractivity contribution in [3.8, 4) is 0 Å². The second-order valence-electron chi connectivity index (χ2n) is 3.49. The van der Waals surface area contributed by atoms with E-state index < -0.39 is 0 Å². The van der Waals surface area contributed by atoms with Crippen molar-refractivity contribution in [3.05, 3.63) is 34.3 Å². The maximum absolute atomic E-state index is 2.25. The van der Waals surface area contributed by atoms with Gasteiger partial charge >= 0.3 is 0 Å². The Hall–Kier alpha value is -0.900. The van der Waals surface area contributed by atoms with Gasteiger partial charge in [0, 0.05) is 30.3 Å². The number of thiophene rings is 3. The highest BCUT2D eigenvalue weighted by molar-refractivity contribution is 7.25. The lowest BCUT2D eigenvalue weighted by atomic mass is 10.1. The van der Waals surface area contributed by atoms with Gasteiger partial charge in [-0.1, -0.05) is 0 Å². The average Bonchev–Trinajstić information content (AvgIpc) is 2.97. The van der Waals surface area contributed by atoms with E-state index in [0.717, 1.165) is 0 Å². The Morgan fingerprint density at radius 1 is 0.533 bits per heavy atom. The minimum absolute atomic E-state index is 1.43. The molecule has 0 saturated heterocycles. The molecule has 4 rings (SSSR count). The summed E-state index contributed by atoms with van der Waals surface area (Å²) in [6.45, 7) is 0. The molecule has 0 nitrogen and oxygen atoms in total. The van der Waals surface area contributed by atoms with Crippen LogP contribution in [0.1, 0.15) is 0 Å². The van der Waals surface area contributed by atoms with Gasteiger partial charge in [0.1, 0.15) is 0 Å². The van der Waals surface area contributed by atoms with Gasteiger partial charge in [-0.15, -0.1) is 34.0 Å². The summed E-state index contributed by atoms with van der Waals surface area (Å²) in [4.78, 5) is 0. The van der Waals surface area contributed by atoms with Gasteiger partial charge in [-0.3, -0.25) is 0 Å². The van der Waals surface area contributed by atoms with E-state index >= 15 is 0 Å². The number of rotatable bonds is 0. The molecule has 0 fully saturated rings. The lowest BCUT2D eigenvalue weighted by Crippen LogP contribution is -1.67. The van der Waals surface area contributed by atoms with E-state index in [-0.39, 0.29) is 0 Å². The molecule has 0 aliphatic carbocycles. The maximum Gasteiger partial charge on any atom is 0.0444 e. The summed E-state index contributed by atoms with van der Waals surface area (Å²) in [7, 11) is 0. The number of hydrogen-bond acceptors (Lipinski definition) is 3. The van der Waals surface area contributed by atoms with Gasteiger partial charge in [-0.05, 0) is 34.3 Å². The molecular weight excluding hydrogens is 240 g/mol. The van der Waals surface area contributed by atoms with E-state index in [2.05, 4.69) is 34.3 Å². The van der Waals surface area contributed by atoms with Crippen LogP contribution in [0.3, 0.4) is 0 Å². The zero-order chi connectivity index (χ0) is 9.83. The molecule has 4 aromatic rings. The van der Waals surface area contributed by atoms with E-state index in [0.29, 0.717) is 0 Å². The standard InChI is InChI=1S/C12H6S3/c1-4-13-10-7(1)11-9(2-5-14-11)12-8(10)3-6-15-12/h1-6H. The monoisotopic (exact) mass is 246 g/mol. The highest BCUT2D eigenvalue weighted by Crippen LogP contribution is 2.42. The van der Waals surface area contributed by atoms with E-state index in [1.54, 1.807) is 0 Å². The predicted octanol–water partition coefficient (Wildman–Crippen LogP) is 5.33. The zero-order valence-corrected chi connectivity index (χ0v) is 10.1. The number of hydrogen-bond donors (Lipinski definition) is 0. The maximum atomic E-state index is 2.25. The van der Waals surface area contributed by atoms with Crippen LogP contribution in [0, 0.1) is 0 Å². The molecule has 0 unspecified atom stereocenters. The smallest absolute Gasteiger partial charge is 0.0444 e. The number of benzene rings is 1. The lowest BCUT2D eigenvalue weighted by Gasteiger charge is -1.96. The Morgan fingerprint density at radius 3 is 1.20 bits per heavy atom. The third-order valence-electron chi connectivity index (χ3n) is 2.73. The molecule has 72 valence electrons. The van der Waals surface area contributed by atoms with Crippen LogP contribution in [0.2, 0.25) is 0 Å². The van der Waals surface area contributed by atoms with Crippen LogP contribution in [0.5, 0.6) is 0 Å². The normalized spacial score (nSPS) is 12.0. The Morgan fingerprint density at radius 2 is 0.867 bits per heavy atom. The summed E-state index contributed by atoms with van der Waals surface area (Å²) in [5.74, 6) is 0. The van der Waals surface area contributed by atoms with E-state index in [1.165, 1.54) is 30.3 Å². The summed E-state index contributed by atoms with van der Waals surface area (Å²) < 4.78 is 4.34. The van der Waals surface area contributed by atoms with Crippen LogP contribution >= 0.6 is 34.0 Å². The molecule has 3 heteroatoms. The topological polar surface area (TPSA) is 0 Å². The summed E-state index contributed by atoms with van der Waals surface area (Å²) in [5.41, 5.74) is 0. The van der Waals surface area contributed by atoms with Crippen molar-refractivity contribution in [2.75, 3.05) is 0 Å². The molecule has 0 atom stereocenters. The van der Waals surface area contributed by atoms with Crippen LogP contribution in [0.4, 0.5) is 0 Å². The molecule has 0 N–H and O–H groups in total. The first kappa shape index (κ1) is 8.28. The van der Waals surface area contributed by atoms with E-state index in [9.17, 15) is 0 Å². The van der Waals surface area contributed by atoms with Crippen molar-refractivity contribution in [3.63, 3.8) is 0 Å². The first-order chi connectivity index (χ1) is 7.45. The fourth-order valence-electron chi connectivity index (χ4n) is 2.09. The molecule has 3 heterocycles. The quantitative estimate of drug-likeness (QED) is 0.393. The number of fused-ring (bicyclic) bond motifs is 6. The lowest BCUT2D eigenvalue weighted by molar-refractivity contribution is 2.14. The van der Waals surface area contributed by atoms with Crippen LogP contribution in [-0.2, 0) is 0 Å². The molecule has 0 amide bonds. The van der Waals surface area contributed by atoms with Crippen molar-refractivity contribution in [2.24, 2.45) is 0 Å². The molecule has 0 saturated carbocycles. The second-order valence-corrected chi connectivity index (χ2v) is 6.24. The second kappa shape index (κ2) is 2.82. The Labute approximate surface area is 98.4 Å². The molecule has 0 spiro atoms. The summed E-state index contributed by atoms with van der Waals surface area (Å²) in [6.07, 6.45) is 0. The van der Waals surface area contributed by atoms with Crippen molar-refractivity contribution in [1.29, 1.82) is 0 Å². The SMILES string of the molecule is c1cc2c(s1)c1ccsc1c1ccsc21. The highest BCUT2D eigenvalue weighted by Gasteiger charge is 2.10. The minimum Gasteiger partial charge on any atom is -0.143 e. The Kier molecular flexibility index (Phi) is 1.55. The molecule has 0 radical (unpaired) electrons. The van der Waals surface area contributed by atoms with Crippen LogP contribution in [-0.4, -0.2) is 0 Å². The van der Waals surface area contributed by atoms with Crippen LogP contribution in [0.15, 0.2) is 34.3 Å². The summed E-state index contributed by atoms with van der Waals surface area (Å²) in [6, 6.07) is 6.74. The van der Waals surface area contributed by atoms with Gasteiger partial charge in [-0.2, -0.15) is 0 Å². The van der Waals surface area contributed by atoms with Crippen molar-refractivity contribution in [1.82, 2.24) is 0 Å². The largest absolute Gasteiger partial charge is 0.143 e. The predicted molar refractivity (Wildman–Crippen MR) is 72.6 cm³/mol. The van der Waals surface area contributed by atoms with Crippen LogP contribution in [0.25, 0.3) is 30.3 Å². The van der Waals surface area contributed by atoms with E-state index in [4.69, 9.17) is 0 Å². The minimum atomic E-state index is 1.43. The van der Waals surface area contributed by atoms with Gasteiger partial charge < -0.3 is 0 Å². The van der Waals surface area contributed by atoms with Crippen molar-refractivity contribution >= 4 is 64.3 Å². The van der Waals surface area contributed by atoms with Gasteiger partial charge in [0.25, 0.3) is 0 Å². The van der Waals surface area contributed by atoms with Gasteiger partial charge in [0.15, 0.2) is 0 Å². The Bertz CT molecular complexity index is 575. The van der Waals surface area contributed by atoms with Gasteiger partial charge in [0.05, 0.1) is 0 Å². The fourth-order valence-corrected chi connectivity index (χ4v) is 5.09. The first-order valence-electron chi connectivity index (χ1n) is 4.69. The van der Waals surface area contributed by atoms with Gasteiger partial charge in [0.2, 0.25) is 0 Å². The van der Waals surface area contributed by atoms with Crippen molar-refractivity contribution < 1.29 is 0 Å². The summed E-state index contributed by atoms with van der Waals surface area (Å²) in [5, 5.41) is 10.9. The third-order valence-corrected chi connectivity index (χ3v) is 5.57. The molecule has 3 aromatic heterocycles. The molecule has 15 heavy (non-hydrogen) atoms. The highest BCUT2D eigenvalue weighted by atomic mass is 32.1. The molecule has 0 aliphatic rings. The van der Waals surface area contributed by atoms with Crippen molar-refractivity contribution in [2.45, 2.75) is 0 Å². The first-order valence-corrected chi connectivity index (χ1v) is 7.32. The Balaban J connectivity index is 2.56. The molecule has 1 aromatic carbocycles. The van der Waals surface area contributed by atoms with Crippen LogP contribution < -0.4 is 0 Å². The molecular formula is C12H6S3. The fraction of sp³-hybridized carbons (Fsp3) is 0. The average molecular weight is 246 g/mol. The third kappa shape index (κ3) is 0.956. The van der Waals surface area contributed by atoms with Gasteiger partial charge in [-0.25, -0.2) is 0 Å². The van der Waals surface area contributed by atoms with E-state index in [1.807, 2.05) is 34.0 Å². The zero-order valence-electron chi connectivity index (χ0n) is 7.69. The molecule has 0 bridgehead atoms.